The second kappa shape index (κ2) is 36.0. The third-order valence-corrected chi connectivity index (χ3v) is 14.9. The minimum atomic E-state index is -1.78. The van der Waals surface area contributed by atoms with Crippen LogP contribution >= 0.6 is 0 Å². The van der Waals surface area contributed by atoms with Crippen LogP contribution in [0.2, 0.25) is 0 Å². The molecule has 0 aromatic carbocycles. The molecule has 76 heavy (non-hydrogen) atoms. The minimum Gasteiger partial charge on any atom is -0.456 e. The van der Waals surface area contributed by atoms with Crippen LogP contribution in [0.3, 0.4) is 0 Å². The molecule has 0 radical (unpaired) electrons. The van der Waals surface area contributed by atoms with Crippen LogP contribution in [0.1, 0.15) is 183 Å². The number of hydrogen-bond acceptors (Lipinski definition) is 21. The number of ketones is 1. The Morgan fingerprint density at radius 3 is 1.62 bits per heavy atom. The lowest BCUT2D eigenvalue weighted by molar-refractivity contribution is -0.400. The molecular weight excluding hydrogens is 997 g/mol. The smallest absolute Gasteiger partial charge is 0.306 e. The number of Topliss-reactive ketones (excluding diaryl/α,β-unsaturated/α-hetero) is 1. The lowest BCUT2D eigenvalue weighted by Crippen LogP contribution is -2.68. The number of esters is 1. The van der Waals surface area contributed by atoms with E-state index in [1.54, 1.807) is 20.8 Å². The quantitative estimate of drug-likeness (QED) is 0.0320. The second-order valence-electron chi connectivity index (χ2n) is 21.4. The van der Waals surface area contributed by atoms with Crippen molar-refractivity contribution < 1.29 is 103 Å². The van der Waals surface area contributed by atoms with Crippen molar-refractivity contribution in [3.05, 3.63) is 0 Å². The SMILES string of the molecule is CCCCCCCCC[C@H](CCCCCCCC(C)=O)O[C@@H]1O[C@H](CO)[C@@H](O)[C@H](O)[C@H]1O[C@@H]1O[C@H](CO[C@@H]2O[C@H](C)[C@H](O)[C@H](O)[C@@H]2O)[C@@H](OCCCC)[C@H](OC(=O)CCC)[C@H]1O[C@@H]1O[C@@H](C)[C@H](O)[C@@H](OCCCC)[C@@H]1O. The molecule has 21 heteroatoms. The molecule has 4 heterocycles. The van der Waals surface area contributed by atoms with Gasteiger partial charge in [0.1, 0.15) is 79.0 Å². The number of hydrogen-bond donors (Lipinski definition) is 8. The number of aliphatic hydroxyl groups is 8. The van der Waals surface area contributed by atoms with E-state index in [1.807, 2.05) is 13.8 Å². The molecule has 0 amide bonds. The summed E-state index contributed by atoms with van der Waals surface area (Å²) in [6, 6.07) is 0. The molecule has 0 aliphatic carbocycles. The van der Waals surface area contributed by atoms with Crippen molar-refractivity contribution >= 4 is 11.8 Å². The zero-order valence-corrected chi connectivity index (χ0v) is 46.7. The molecule has 4 aliphatic rings. The van der Waals surface area contributed by atoms with Crippen LogP contribution in [-0.2, 0) is 61.7 Å². The van der Waals surface area contributed by atoms with Gasteiger partial charge in [0.2, 0.25) is 0 Å². The highest BCUT2D eigenvalue weighted by Gasteiger charge is 2.57. The van der Waals surface area contributed by atoms with Gasteiger partial charge >= 0.3 is 5.97 Å². The average molecular weight is 1100 g/mol. The Bertz CT molecular complexity index is 1560. The summed E-state index contributed by atoms with van der Waals surface area (Å²) in [5, 5.41) is 89.2. The van der Waals surface area contributed by atoms with Crippen LogP contribution in [-0.4, -0.2) is 208 Å². The molecule has 0 aromatic heterocycles. The van der Waals surface area contributed by atoms with Gasteiger partial charge in [0, 0.05) is 26.1 Å². The third kappa shape index (κ3) is 20.8. The van der Waals surface area contributed by atoms with Crippen molar-refractivity contribution in [3.63, 3.8) is 0 Å². The fraction of sp³-hybridized carbons (Fsp3) is 0.964. The lowest BCUT2D eigenvalue weighted by Gasteiger charge is -2.50. The molecule has 4 aliphatic heterocycles. The predicted octanol–water partition coefficient (Wildman–Crippen LogP) is 4.16. The number of unbranched alkanes of at least 4 members (excludes halogenated alkanes) is 12. The average Bonchev–Trinajstić information content (AvgIpc) is 3.39. The van der Waals surface area contributed by atoms with Gasteiger partial charge in [0.15, 0.2) is 37.4 Å². The summed E-state index contributed by atoms with van der Waals surface area (Å²) in [4.78, 5) is 25.3. The maximum absolute atomic E-state index is 13.8. The Morgan fingerprint density at radius 2 is 1.01 bits per heavy atom. The fourth-order valence-corrected chi connectivity index (χ4v) is 10.1. The summed E-state index contributed by atoms with van der Waals surface area (Å²) in [5.74, 6) is -0.497. The Hall–Kier alpha value is -1.58. The maximum atomic E-state index is 13.8. The van der Waals surface area contributed by atoms with Crippen LogP contribution in [0.5, 0.6) is 0 Å². The molecule has 0 spiro atoms. The molecule has 0 unspecified atom stereocenters. The van der Waals surface area contributed by atoms with E-state index >= 15 is 0 Å². The van der Waals surface area contributed by atoms with Gasteiger partial charge in [-0.25, -0.2) is 0 Å². The molecule has 8 N–H and O–H groups in total. The molecule has 0 bridgehead atoms. The first-order valence-corrected chi connectivity index (χ1v) is 29.0. The van der Waals surface area contributed by atoms with Crippen molar-refractivity contribution in [1.29, 1.82) is 0 Å². The first-order valence-electron chi connectivity index (χ1n) is 29.0. The highest BCUT2D eigenvalue weighted by atomic mass is 16.8. The highest BCUT2D eigenvalue weighted by molar-refractivity contribution is 5.75. The van der Waals surface area contributed by atoms with Crippen molar-refractivity contribution in [2.75, 3.05) is 26.4 Å². The molecule has 4 fully saturated rings. The summed E-state index contributed by atoms with van der Waals surface area (Å²) in [6.45, 7) is 11.8. The molecule has 0 saturated carbocycles. The standard InChI is InChI=1S/C55H100O21/c1-8-12-15-16-17-20-23-27-36(28-24-21-18-19-22-26-33(5)57)71-54-49(44(63)42(61)37(31-56)72-54)75-55-51(76-53-46(65)48(67-30-14-10-3)41(60)35(7)70-53)50(74-39(58)25-11-4)47(66-29-13-9-2)38(73-55)32-68-52-45(64)43(62)40(59)34(6)69-52/h34-38,40-56,59-65H,8-32H2,1-7H3/t34-,35+,36-,37-,38-,40+,41+,42-,43+,44+,45+,46+,47-,48-,49-,50+,51-,52-,53+,54-,55+/m1/s1. The zero-order chi connectivity index (χ0) is 55.7. The largest absolute Gasteiger partial charge is 0.456 e. The lowest BCUT2D eigenvalue weighted by atomic mass is 9.95. The van der Waals surface area contributed by atoms with Gasteiger partial charge in [-0.15, -0.1) is 0 Å². The summed E-state index contributed by atoms with van der Waals surface area (Å²) in [5.41, 5.74) is 0. The Morgan fingerprint density at radius 1 is 0.461 bits per heavy atom. The molecule has 0 aromatic rings. The van der Waals surface area contributed by atoms with Gasteiger partial charge < -0.3 is 97.8 Å². The summed E-state index contributed by atoms with van der Waals surface area (Å²) >= 11 is 0. The molecule has 4 rings (SSSR count). The maximum Gasteiger partial charge on any atom is 0.306 e. The van der Waals surface area contributed by atoms with Gasteiger partial charge in [-0.05, 0) is 59.3 Å². The zero-order valence-electron chi connectivity index (χ0n) is 46.7. The van der Waals surface area contributed by atoms with Gasteiger partial charge in [-0.1, -0.05) is 111 Å². The van der Waals surface area contributed by atoms with Gasteiger partial charge in [0.05, 0.1) is 31.5 Å². The van der Waals surface area contributed by atoms with E-state index in [9.17, 15) is 50.4 Å². The van der Waals surface area contributed by atoms with Crippen molar-refractivity contribution in [2.24, 2.45) is 0 Å². The predicted molar refractivity (Wildman–Crippen MR) is 275 cm³/mol. The minimum absolute atomic E-state index is 0.0316. The number of carbonyl (C=O) groups excluding carboxylic acids is 2. The van der Waals surface area contributed by atoms with Crippen LogP contribution in [0.15, 0.2) is 0 Å². The van der Waals surface area contributed by atoms with E-state index in [-0.39, 0.29) is 25.4 Å². The van der Waals surface area contributed by atoms with E-state index in [4.69, 9.17) is 52.1 Å². The monoisotopic (exact) mass is 1100 g/mol. The van der Waals surface area contributed by atoms with Crippen molar-refractivity contribution in [2.45, 2.75) is 312 Å². The van der Waals surface area contributed by atoms with Gasteiger partial charge in [0.25, 0.3) is 0 Å². The Kier molecular flexibility index (Phi) is 31.7. The molecule has 21 nitrogen and oxygen atoms in total. The Labute approximate surface area is 451 Å². The number of rotatable bonds is 37. The van der Waals surface area contributed by atoms with Crippen LogP contribution in [0, 0.1) is 0 Å². The second-order valence-corrected chi connectivity index (χ2v) is 21.4. The van der Waals surface area contributed by atoms with Crippen molar-refractivity contribution in [3.8, 4) is 0 Å². The molecule has 21 atom stereocenters. The normalized spacial score (nSPS) is 36.5. The summed E-state index contributed by atoms with van der Waals surface area (Å²) in [7, 11) is 0. The van der Waals surface area contributed by atoms with Crippen molar-refractivity contribution in [1.82, 2.24) is 0 Å². The van der Waals surface area contributed by atoms with E-state index in [0.717, 1.165) is 77.0 Å². The topological polar surface area (TPSA) is 298 Å². The summed E-state index contributed by atoms with van der Waals surface area (Å²) < 4.78 is 70.1. The number of aliphatic hydroxyl groups excluding tert-OH is 8. The molecular formula is C55H100O21. The van der Waals surface area contributed by atoms with Crippen LogP contribution in [0.4, 0.5) is 0 Å². The first-order chi connectivity index (χ1) is 36.5. The van der Waals surface area contributed by atoms with E-state index in [2.05, 4.69) is 6.92 Å². The van der Waals surface area contributed by atoms with Gasteiger partial charge in [-0.2, -0.15) is 0 Å². The third-order valence-electron chi connectivity index (χ3n) is 14.9. The van der Waals surface area contributed by atoms with E-state index in [0.29, 0.717) is 44.9 Å². The van der Waals surface area contributed by atoms with Crippen LogP contribution < -0.4 is 0 Å². The summed E-state index contributed by atoms with van der Waals surface area (Å²) in [6.07, 6.45) is -12.6. The first kappa shape index (κ1) is 66.9. The van der Waals surface area contributed by atoms with Gasteiger partial charge in [-0.3, -0.25) is 4.79 Å². The van der Waals surface area contributed by atoms with Crippen LogP contribution in [0.25, 0.3) is 0 Å². The Balaban J connectivity index is 1.79. The van der Waals surface area contributed by atoms with E-state index in [1.165, 1.54) is 13.3 Å². The number of carbonyl (C=O) groups is 2. The van der Waals surface area contributed by atoms with E-state index < -0.39 is 148 Å². The number of ether oxygens (including phenoxy) is 11. The fourth-order valence-electron chi connectivity index (χ4n) is 10.1. The molecule has 4 saturated heterocycles. The highest BCUT2D eigenvalue weighted by Crippen LogP contribution is 2.38. The molecule has 446 valence electrons.